The Morgan fingerprint density at radius 3 is 2.64 bits per heavy atom. The van der Waals surface area contributed by atoms with Crippen molar-refractivity contribution in [3.8, 4) is 0 Å². The molecule has 0 radical (unpaired) electrons. The number of rotatable bonds is 4. The van der Waals surface area contributed by atoms with Crippen molar-refractivity contribution in [2.24, 2.45) is 46.3 Å². The van der Waals surface area contributed by atoms with Crippen LogP contribution < -0.4 is 0 Å². The Morgan fingerprint density at radius 1 is 1.03 bits per heavy atom. The van der Waals surface area contributed by atoms with Gasteiger partial charge in [0.25, 0.3) is 0 Å². The Morgan fingerprint density at radius 2 is 1.81 bits per heavy atom. The van der Waals surface area contributed by atoms with Crippen LogP contribution in [0.1, 0.15) is 84.4 Å². The fraction of sp³-hybridized carbons (Fsp3) is 0.742. The lowest BCUT2D eigenvalue weighted by Gasteiger charge is -2.62. The van der Waals surface area contributed by atoms with E-state index in [1.807, 2.05) is 24.4 Å². The van der Waals surface area contributed by atoms with Crippen molar-refractivity contribution in [3.63, 3.8) is 0 Å². The molecule has 36 heavy (non-hydrogen) atoms. The predicted molar refractivity (Wildman–Crippen MR) is 145 cm³/mol. The number of hydrogen-bond donors (Lipinski definition) is 2. The van der Waals surface area contributed by atoms with Crippen LogP contribution in [0.25, 0.3) is 10.9 Å². The molecule has 1 unspecified atom stereocenters. The average Bonchev–Trinajstić information content (AvgIpc) is 3.21. The number of aryl methyl sites for hydroxylation is 1. The maximum absolute atomic E-state index is 11.5. The first kappa shape index (κ1) is 25.1. The van der Waals surface area contributed by atoms with E-state index in [9.17, 15) is 10.2 Å². The SMILES string of the molecule is C[C@H](CCc1ncc2c(Cl)cccc2n1)[C@H]1CC[C@H]2[C@H]3C(CC[C@]12C)[C@@]1(C)CC[C@@H](O)C[C@H]1C[C@@H]3O. The van der Waals surface area contributed by atoms with Gasteiger partial charge in [0, 0.05) is 18.0 Å². The van der Waals surface area contributed by atoms with E-state index in [0.29, 0.717) is 51.4 Å². The van der Waals surface area contributed by atoms with Gasteiger partial charge >= 0.3 is 0 Å². The summed E-state index contributed by atoms with van der Waals surface area (Å²) < 4.78 is 0. The summed E-state index contributed by atoms with van der Waals surface area (Å²) in [4.78, 5) is 9.44. The summed E-state index contributed by atoms with van der Waals surface area (Å²) >= 11 is 6.31. The third-order valence-corrected chi connectivity index (χ3v) is 12.2. The van der Waals surface area contributed by atoms with Crippen LogP contribution >= 0.6 is 11.6 Å². The standard InChI is InChI=1S/C31H43ClN2O2/c1-18(7-10-28-33-17-21-25(32)5-4-6-26(21)34-28)22-8-9-23-29-24(12-14-31(22,23)3)30(2)13-11-20(35)15-19(30)16-27(29)36/h4-6,17-20,22-24,27,29,35-36H,7-16H2,1-3H3/t18-,19+,20-,22-,23+,24?,27+,29+,30+,31-/m1/s1. The summed E-state index contributed by atoms with van der Waals surface area (Å²) in [7, 11) is 0. The fourth-order valence-electron chi connectivity index (χ4n) is 9.91. The largest absolute Gasteiger partial charge is 0.393 e. The van der Waals surface area contributed by atoms with E-state index in [-0.39, 0.29) is 12.2 Å². The second-order valence-corrected chi connectivity index (χ2v) is 13.8. The molecule has 0 amide bonds. The van der Waals surface area contributed by atoms with Crippen molar-refractivity contribution in [1.82, 2.24) is 9.97 Å². The third kappa shape index (κ3) is 3.93. The zero-order valence-corrected chi connectivity index (χ0v) is 22.9. The van der Waals surface area contributed by atoms with Gasteiger partial charge in [0.2, 0.25) is 0 Å². The molecule has 0 saturated heterocycles. The highest BCUT2D eigenvalue weighted by molar-refractivity contribution is 6.35. The van der Waals surface area contributed by atoms with Gasteiger partial charge in [0.1, 0.15) is 5.82 Å². The van der Waals surface area contributed by atoms with Crippen LogP contribution in [0.3, 0.4) is 0 Å². The van der Waals surface area contributed by atoms with Gasteiger partial charge < -0.3 is 10.2 Å². The molecular weight excluding hydrogens is 468 g/mol. The van der Waals surface area contributed by atoms with Gasteiger partial charge in [-0.3, -0.25) is 0 Å². The van der Waals surface area contributed by atoms with Crippen LogP contribution in [0.15, 0.2) is 24.4 Å². The van der Waals surface area contributed by atoms with Gasteiger partial charge in [-0.2, -0.15) is 0 Å². The predicted octanol–water partition coefficient (Wildman–Crippen LogP) is 6.84. The van der Waals surface area contributed by atoms with Crippen molar-refractivity contribution in [3.05, 3.63) is 35.2 Å². The van der Waals surface area contributed by atoms with Crippen LogP contribution in [-0.2, 0) is 6.42 Å². The van der Waals surface area contributed by atoms with Crippen molar-refractivity contribution >= 4 is 22.5 Å². The smallest absolute Gasteiger partial charge is 0.128 e. The zero-order valence-electron chi connectivity index (χ0n) is 22.2. The van der Waals surface area contributed by atoms with E-state index >= 15 is 0 Å². The summed E-state index contributed by atoms with van der Waals surface area (Å²) in [5, 5.41) is 23.4. The molecular formula is C31H43ClN2O2. The number of benzene rings is 1. The molecule has 2 aromatic rings. The Labute approximate surface area is 221 Å². The molecule has 0 bridgehead atoms. The molecule has 5 heteroatoms. The van der Waals surface area contributed by atoms with Crippen LogP contribution in [0.5, 0.6) is 0 Å². The minimum atomic E-state index is -0.199. The minimum Gasteiger partial charge on any atom is -0.393 e. The first-order valence-corrected chi connectivity index (χ1v) is 14.8. The molecule has 4 aliphatic carbocycles. The summed E-state index contributed by atoms with van der Waals surface area (Å²) in [6.45, 7) is 7.50. The Balaban J connectivity index is 1.17. The number of aliphatic hydroxyl groups is 2. The van der Waals surface area contributed by atoms with E-state index in [2.05, 4.69) is 25.8 Å². The normalized spacial score (nSPS) is 43.0. The monoisotopic (exact) mass is 510 g/mol. The first-order valence-electron chi connectivity index (χ1n) is 14.5. The van der Waals surface area contributed by atoms with Gasteiger partial charge in [-0.15, -0.1) is 0 Å². The van der Waals surface area contributed by atoms with E-state index in [1.54, 1.807) is 0 Å². The molecule has 1 aromatic carbocycles. The van der Waals surface area contributed by atoms with Gasteiger partial charge in [0.15, 0.2) is 0 Å². The molecule has 1 heterocycles. The van der Waals surface area contributed by atoms with Gasteiger partial charge in [-0.1, -0.05) is 38.4 Å². The number of halogens is 1. The molecule has 0 spiro atoms. The lowest BCUT2D eigenvalue weighted by Crippen LogP contribution is -2.58. The molecule has 196 valence electrons. The molecule has 4 saturated carbocycles. The lowest BCUT2D eigenvalue weighted by atomic mass is 9.43. The quantitative estimate of drug-likeness (QED) is 0.472. The molecule has 10 atom stereocenters. The topological polar surface area (TPSA) is 66.2 Å². The van der Waals surface area contributed by atoms with Crippen LogP contribution in [0.2, 0.25) is 5.02 Å². The van der Waals surface area contributed by atoms with Gasteiger partial charge in [-0.25, -0.2) is 9.97 Å². The summed E-state index contributed by atoms with van der Waals surface area (Å²) in [5.74, 6) is 4.39. The van der Waals surface area contributed by atoms with E-state index in [1.165, 1.54) is 25.7 Å². The first-order chi connectivity index (χ1) is 17.2. The average molecular weight is 511 g/mol. The highest BCUT2D eigenvalue weighted by Crippen LogP contribution is 2.68. The van der Waals surface area contributed by atoms with E-state index < -0.39 is 0 Å². The minimum absolute atomic E-state index is 0.166. The summed E-state index contributed by atoms with van der Waals surface area (Å²) in [5.41, 5.74) is 1.54. The third-order valence-electron chi connectivity index (χ3n) is 11.9. The molecule has 4 fully saturated rings. The maximum atomic E-state index is 11.5. The summed E-state index contributed by atoms with van der Waals surface area (Å²) in [6, 6.07) is 5.87. The summed E-state index contributed by atoms with van der Waals surface area (Å²) in [6.07, 6.45) is 12.5. The lowest BCUT2D eigenvalue weighted by molar-refractivity contribution is -0.174. The second-order valence-electron chi connectivity index (χ2n) is 13.4. The highest BCUT2D eigenvalue weighted by Gasteiger charge is 2.62. The Hall–Kier alpha value is -1.23. The van der Waals surface area contributed by atoms with Crippen LogP contribution in [0.4, 0.5) is 0 Å². The van der Waals surface area contributed by atoms with Crippen molar-refractivity contribution in [2.45, 2.75) is 97.2 Å². The number of nitrogens with zero attached hydrogens (tertiary/aromatic N) is 2. The Kier molecular flexibility index (Phi) is 6.41. The fourth-order valence-corrected chi connectivity index (χ4v) is 10.1. The number of hydrogen-bond acceptors (Lipinski definition) is 4. The Bertz CT molecular complexity index is 1120. The van der Waals surface area contributed by atoms with E-state index in [4.69, 9.17) is 16.6 Å². The van der Waals surface area contributed by atoms with Crippen molar-refractivity contribution in [2.75, 3.05) is 0 Å². The van der Waals surface area contributed by atoms with Gasteiger partial charge in [-0.05, 0) is 116 Å². The van der Waals surface area contributed by atoms with E-state index in [0.717, 1.165) is 55.3 Å². The number of aromatic nitrogens is 2. The maximum Gasteiger partial charge on any atom is 0.128 e. The highest BCUT2D eigenvalue weighted by atomic mass is 35.5. The number of fused-ring (bicyclic) bond motifs is 6. The van der Waals surface area contributed by atoms with Crippen molar-refractivity contribution < 1.29 is 10.2 Å². The molecule has 2 N–H and O–H groups in total. The van der Waals surface area contributed by atoms with Crippen LogP contribution in [-0.4, -0.2) is 32.4 Å². The molecule has 6 rings (SSSR count). The van der Waals surface area contributed by atoms with Crippen molar-refractivity contribution in [1.29, 1.82) is 0 Å². The second kappa shape index (κ2) is 9.20. The number of aliphatic hydroxyl groups excluding tert-OH is 2. The molecule has 4 aliphatic rings. The molecule has 0 aliphatic heterocycles. The zero-order chi connectivity index (χ0) is 25.2. The van der Waals surface area contributed by atoms with Crippen LogP contribution in [0, 0.1) is 46.3 Å². The van der Waals surface area contributed by atoms with Gasteiger partial charge in [0.05, 0.1) is 22.7 Å². The molecule has 1 aromatic heterocycles. The molecule has 4 nitrogen and oxygen atoms in total.